The SMILES string of the molecule is COc1cccc(CC(C)(C[C@H](N)O)c2cccc(Cl)c2)c1. The van der Waals surface area contributed by atoms with Gasteiger partial charge in [-0.25, -0.2) is 0 Å². The summed E-state index contributed by atoms with van der Waals surface area (Å²) in [6.45, 7) is 2.09. The molecule has 0 heterocycles. The summed E-state index contributed by atoms with van der Waals surface area (Å²) < 4.78 is 5.28. The zero-order chi connectivity index (χ0) is 16.2. The zero-order valence-electron chi connectivity index (χ0n) is 12.9. The Balaban J connectivity index is 2.36. The molecule has 0 bridgehead atoms. The number of aliphatic hydroxyl groups excluding tert-OH is 1. The number of halogens is 1. The number of methoxy groups -OCH3 is 1. The van der Waals surface area contributed by atoms with Crippen LogP contribution in [0.3, 0.4) is 0 Å². The minimum Gasteiger partial charge on any atom is -0.497 e. The van der Waals surface area contributed by atoms with E-state index in [-0.39, 0.29) is 5.41 Å². The van der Waals surface area contributed by atoms with Gasteiger partial charge in [0.25, 0.3) is 0 Å². The van der Waals surface area contributed by atoms with Crippen molar-refractivity contribution >= 4 is 11.6 Å². The first kappa shape index (κ1) is 16.8. The second-order valence-corrected chi connectivity index (χ2v) is 6.31. The maximum absolute atomic E-state index is 9.72. The lowest BCUT2D eigenvalue weighted by molar-refractivity contribution is 0.140. The van der Waals surface area contributed by atoms with Crippen LogP contribution in [0.4, 0.5) is 0 Å². The number of rotatable bonds is 6. The van der Waals surface area contributed by atoms with E-state index in [0.717, 1.165) is 23.3 Å². The molecule has 3 nitrogen and oxygen atoms in total. The Bertz CT molecular complexity index is 630. The van der Waals surface area contributed by atoms with Crippen LogP contribution in [0, 0.1) is 0 Å². The van der Waals surface area contributed by atoms with Crippen molar-refractivity contribution in [3.63, 3.8) is 0 Å². The van der Waals surface area contributed by atoms with Crippen molar-refractivity contribution in [2.45, 2.75) is 31.4 Å². The number of benzene rings is 2. The Morgan fingerprint density at radius 1 is 1.23 bits per heavy atom. The summed E-state index contributed by atoms with van der Waals surface area (Å²) in [6.07, 6.45) is 0.304. The van der Waals surface area contributed by atoms with E-state index in [0.29, 0.717) is 11.4 Å². The molecule has 3 N–H and O–H groups in total. The Labute approximate surface area is 136 Å². The molecule has 22 heavy (non-hydrogen) atoms. The van der Waals surface area contributed by atoms with E-state index in [1.165, 1.54) is 0 Å². The molecule has 2 aromatic carbocycles. The van der Waals surface area contributed by atoms with Gasteiger partial charge in [-0.3, -0.25) is 0 Å². The minimum absolute atomic E-state index is 0.314. The quantitative estimate of drug-likeness (QED) is 0.801. The van der Waals surface area contributed by atoms with Crippen LogP contribution in [0.1, 0.15) is 24.5 Å². The van der Waals surface area contributed by atoms with E-state index in [2.05, 4.69) is 6.92 Å². The average Bonchev–Trinajstić information content (AvgIpc) is 2.46. The molecular weight excluding hydrogens is 298 g/mol. The third-order valence-corrected chi connectivity index (χ3v) is 4.14. The standard InChI is InChI=1S/C18H22ClNO2/c1-18(12-17(20)21,14-6-4-7-15(19)10-14)11-13-5-3-8-16(9-13)22-2/h3-10,17,21H,11-12,20H2,1-2H3/t17-,18?/m1/s1. The van der Waals surface area contributed by atoms with Gasteiger partial charge in [0, 0.05) is 10.4 Å². The van der Waals surface area contributed by atoms with Crippen molar-refractivity contribution in [1.29, 1.82) is 0 Å². The second-order valence-electron chi connectivity index (χ2n) is 5.87. The van der Waals surface area contributed by atoms with Gasteiger partial charge in [-0.15, -0.1) is 0 Å². The smallest absolute Gasteiger partial charge is 0.119 e. The molecule has 0 aliphatic carbocycles. The first-order chi connectivity index (χ1) is 10.4. The maximum atomic E-state index is 9.72. The lowest BCUT2D eigenvalue weighted by Gasteiger charge is -2.32. The van der Waals surface area contributed by atoms with Gasteiger partial charge in [0.05, 0.1) is 7.11 Å². The molecule has 0 saturated carbocycles. The van der Waals surface area contributed by atoms with Crippen molar-refractivity contribution < 1.29 is 9.84 Å². The highest BCUT2D eigenvalue weighted by atomic mass is 35.5. The molecule has 0 aliphatic rings. The van der Waals surface area contributed by atoms with Gasteiger partial charge in [-0.05, 0) is 48.2 Å². The van der Waals surface area contributed by atoms with Crippen molar-refractivity contribution in [2.75, 3.05) is 7.11 Å². The highest BCUT2D eigenvalue weighted by molar-refractivity contribution is 6.30. The van der Waals surface area contributed by atoms with E-state index in [1.807, 2.05) is 48.5 Å². The lowest BCUT2D eigenvalue weighted by Crippen LogP contribution is -2.34. The number of hydrogen-bond acceptors (Lipinski definition) is 3. The molecule has 4 heteroatoms. The Morgan fingerprint density at radius 2 is 1.95 bits per heavy atom. The van der Waals surface area contributed by atoms with Gasteiger partial charge in [-0.1, -0.05) is 42.8 Å². The van der Waals surface area contributed by atoms with Crippen LogP contribution in [0.25, 0.3) is 0 Å². The van der Waals surface area contributed by atoms with Gasteiger partial charge in [0.15, 0.2) is 0 Å². The van der Waals surface area contributed by atoms with Crippen molar-refractivity contribution in [1.82, 2.24) is 0 Å². The minimum atomic E-state index is -0.880. The van der Waals surface area contributed by atoms with Crippen LogP contribution >= 0.6 is 11.6 Å². The summed E-state index contributed by atoms with van der Waals surface area (Å²) in [5.74, 6) is 0.819. The highest BCUT2D eigenvalue weighted by Gasteiger charge is 2.29. The van der Waals surface area contributed by atoms with E-state index in [1.54, 1.807) is 7.11 Å². The number of hydrogen-bond donors (Lipinski definition) is 2. The van der Waals surface area contributed by atoms with Crippen molar-refractivity contribution in [3.05, 3.63) is 64.7 Å². The molecule has 0 fully saturated rings. The van der Waals surface area contributed by atoms with Gasteiger partial charge < -0.3 is 15.6 Å². The largest absolute Gasteiger partial charge is 0.497 e. The van der Waals surface area contributed by atoms with Crippen molar-refractivity contribution in [3.8, 4) is 5.75 Å². The molecule has 0 amide bonds. The van der Waals surface area contributed by atoms with Crippen LogP contribution in [-0.2, 0) is 11.8 Å². The van der Waals surface area contributed by atoms with Crippen LogP contribution < -0.4 is 10.5 Å². The van der Waals surface area contributed by atoms with Crippen LogP contribution in [0.15, 0.2) is 48.5 Å². The summed E-state index contributed by atoms with van der Waals surface area (Å²) in [7, 11) is 1.65. The van der Waals surface area contributed by atoms with E-state index < -0.39 is 6.23 Å². The van der Waals surface area contributed by atoms with Crippen LogP contribution in [-0.4, -0.2) is 18.4 Å². The molecule has 1 unspecified atom stereocenters. The Morgan fingerprint density at radius 3 is 2.59 bits per heavy atom. The molecule has 2 aromatic rings. The molecule has 0 saturated heterocycles. The second kappa shape index (κ2) is 7.14. The zero-order valence-corrected chi connectivity index (χ0v) is 13.7. The number of ether oxygens (including phenoxy) is 1. The molecule has 0 radical (unpaired) electrons. The van der Waals surface area contributed by atoms with Gasteiger partial charge in [0.1, 0.15) is 12.0 Å². The molecule has 0 aromatic heterocycles. The predicted octanol–water partition coefficient (Wildman–Crippen LogP) is 3.52. The fourth-order valence-electron chi connectivity index (χ4n) is 2.85. The molecular formula is C18H22ClNO2. The predicted molar refractivity (Wildman–Crippen MR) is 90.3 cm³/mol. The van der Waals surface area contributed by atoms with E-state index >= 15 is 0 Å². The van der Waals surface area contributed by atoms with Crippen LogP contribution in [0.2, 0.25) is 5.02 Å². The fourth-order valence-corrected chi connectivity index (χ4v) is 3.04. The number of nitrogens with two attached hydrogens (primary N) is 1. The Hall–Kier alpha value is -1.55. The first-order valence-electron chi connectivity index (χ1n) is 7.25. The summed E-state index contributed by atoms with van der Waals surface area (Å²) in [4.78, 5) is 0. The molecule has 2 atom stereocenters. The number of aliphatic hydroxyl groups is 1. The molecule has 0 aliphatic heterocycles. The Kier molecular flexibility index (Phi) is 5.46. The third-order valence-electron chi connectivity index (χ3n) is 3.91. The summed E-state index contributed by atoms with van der Waals surface area (Å²) in [6, 6.07) is 15.7. The van der Waals surface area contributed by atoms with E-state index in [4.69, 9.17) is 22.1 Å². The fraction of sp³-hybridized carbons (Fsp3) is 0.333. The summed E-state index contributed by atoms with van der Waals surface area (Å²) in [5, 5.41) is 10.4. The highest BCUT2D eigenvalue weighted by Crippen LogP contribution is 2.34. The summed E-state index contributed by atoms with van der Waals surface area (Å²) in [5.41, 5.74) is 7.54. The van der Waals surface area contributed by atoms with E-state index in [9.17, 15) is 5.11 Å². The monoisotopic (exact) mass is 319 g/mol. The normalized spacial score (nSPS) is 15.1. The molecule has 2 rings (SSSR count). The summed E-state index contributed by atoms with van der Waals surface area (Å²) >= 11 is 6.12. The third kappa shape index (κ3) is 4.23. The maximum Gasteiger partial charge on any atom is 0.119 e. The van der Waals surface area contributed by atoms with Crippen LogP contribution in [0.5, 0.6) is 5.75 Å². The molecule has 118 valence electrons. The topological polar surface area (TPSA) is 55.5 Å². The lowest BCUT2D eigenvalue weighted by atomic mass is 9.74. The average molecular weight is 320 g/mol. The van der Waals surface area contributed by atoms with Crippen molar-refractivity contribution in [2.24, 2.45) is 5.73 Å². The van der Waals surface area contributed by atoms with Gasteiger partial charge in [-0.2, -0.15) is 0 Å². The first-order valence-corrected chi connectivity index (χ1v) is 7.63. The van der Waals surface area contributed by atoms with Gasteiger partial charge in [0.2, 0.25) is 0 Å². The molecule has 0 spiro atoms. The van der Waals surface area contributed by atoms with Gasteiger partial charge >= 0.3 is 0 Å².